The maximum atomic E-state index is 6.15. The summed E-state index contributed by atoms with van der Waals surface area (Å²) < 4.78 is 0. The minimum atomic E-state index is 0.537. The second kappa shape index (κ2) is 7.32. The van der Waals surface area contributed by atoms with Crippen LogP contribution in [0.3, 0.4) is 0 Å². The second-order valence-electron chi connectivity index (χ2n) is 5.65. The topological polar surface area (TPSA) is 49.8 Å². The summed E-state index contributed by atoms with van der Waals surface area (Å²) in [5.74, 6) is 1.31. The van der Waals surface area contributed by atoms with Gasteiger partial charge in [-0.05, 0) is 43.2 Å². The molecule has 0 aliphatic heterocycles. The Hall–Kier alpha value is -2.59. The van der Waals surface area contributed by atoms with Gasteiger partial charge < -0.3 is 10.6 Å². The number of aromatic nitrogens is 2. The Morgan fingerprint density at radius 1 is 1.04 bits per heavy atom. The van der Waals surface area contributed by atoms with Gasteiger partial charge in [0.15, 0.2) is 0 Å². The number of halogens is 1. The fraction of sp³-hybridized carbons (Fsp3) is 0.158. The van der Waals surface area contributed by atoms with E-state index in [1.165, 1.54) is 11.1 Å². The smallest absolute Gasteiger partial charge is 0.229 e. The number of nitrogens with one attached hydrogen (secondary N) is 2. The SMILES string of the molecule is Cc1cccc(CNc2ccnc(Nc3cccc(Cl)c3C)n2)c1. The molecule has 0 radical (unpaired) electrons. The van der Waals surface area contributed by atoms with Gasteiger partial charge in [-0.3, -0.25) is 0 Å². The van der Waals surface area contributed by atoms with E-state index in [1.807, 2.05) is 31.2 Å². The van der Waals surface area contributed by atoms with Crippen molar-refractivity contribution in [2.24, 2.45) is 0 Å². The molecule has 4 nitrogen and oxygen atoms in total. The average molecular weight is 339 g/mol. The van der Waals surface area contributed by atoms with E-state index in [-0.39, 0.29) is 0 Å². The van der Waals surface area contributed by atoms with E-state index in [2.05, 4.69) is 51.8 Å². The van der Waals surface area contributed by atoms with E-state index in [1.54, 1.807) is 6.20 Å². The Labute approximate surface area is 146 Å². The van der Waals surface area contributed by atoms with Gasteiger partial charge in [0.25, 0.3) is 0 Å². The number of rotatable bonds is 5. The summed E-state index contributed by atoms with van der Waals surface area (Å²) in [5.41, 5.74) is 4.34. The van der Waals surface area contributed by atoms with Crippen LogP contribution in [0.1, 0.15) is 16.7 Å². The van der Waals surface area contributed by atoms with Crippen LogP contribution in [0.2, 0.25) is 5.02 Å². The molecule has 0 aliphatic rings. The maximum Gasteiger partial charge on any atom is 0.229 e. The zero-order valence-corrected chi connectivity index (χ0v) is 14.4. The monoisotopic (exact) mass is 338 g/mol. The summed E-state index contributed by atoms with van der Waals surface area (Å²) in [6.07, 6.45) is 1.73. The molecule has 1 heterocycles. The third-order valence-corrected chi connectivity index (χ3v) is 4.14. The lowest BCUT2D eigenvalue weighted by atomic mass is 10.1. The van der Waals surface area contributed by atoms with Gasteiger partial charge in [0, 0.05) is 23.5 Å². The van der Waals surface area contributed by atoms with Crippen molar-refractivity contribution in [1.82, 2.24) is 9.97 Å². The van der Waals surface area contributed by atoms with Crippen molar-refractivity contribution in [2.75, 3.05) is 10.6 Å². The summed E-state index contributed by atoms with van der Waals surface area (Å²) in [4.78, 5) is 8.77. The quantitative estimate of drug-likeness (QED) is 0.679. The first-order chi connectivity index (χ1) is 11.6. The van der Waals surface area contributed by atoms with E-state index < -0.39 is 0 Å². The largest absolute Gasteiger partial charge is 0.366 e. The van der Waals surface area contributed by atoms with Gasteiger partial charge in [-0.2, -0.15) is 4.98 Å². The number of anilines is 3. The molecule has 3 aromatic rings. The zero-order chi connectivity index (χ0) is 16.9. The number of hydrogen-bond acceptors (Lipinski definition) is 4. The van der Waals surface area contributed by atoms with E-state index in [4.69, 9.17) is 11.6 Å². The lowest BCUT2D eigenvalue weighted by Crippen LogP contribution is -2.04. The molecule has 0 saturated heterocycles. The third-order valence-electron chi connectivity index (χ3n) is 3.73. The first-order valence-electron chi connectivity index (χ1n) is 7.76. The number of benzene rings is 2. The van der Waals surface area contributed by atoms with Crippen LogP contribution in [0.15, 0.2) is 54.7 Å². The molecule has 122 valence electrons. The Morgan fingerprint density at radius 2 is 1.88 bits per heavy atom. The molecule has 1 aromatic heterocycles. The highest BCUT2D eigenvalue weighted by Gasteiger charge is 2.05. The number of aryl methyl sites for hydroxylation is 1. The van der Waals surface area contributed by atoms with Crippen molar-refractivity contribution in [3.05, 3.63) is 76.4 Å². The van der Waals surface area contributed by atoms with Crippen molar-refractivity contribution >= 4 is 29.1 Å². The van der Waals surface area contributed by atoms with Gasteiger partial charge in [-0.1, -0.05) is 47.5 Å². The summed E-state index contributed by atoms with van der Waals surface area (Å²) in [6, 6.07) is 16.0. The molecule has 2 N–H and O–H groups in total. The highest BCUT2D eigenvalue weighted by atomic mass is 35.5. The zero-order valence-electron chi connectivity index (χ0n) is 13.7. The van der Waals surface area contributed by atoms with Crippen LogP contribution < -0.4 is 10.6 Å². The van der Waals surface area contributed by atoms with Crippen molar-refractivity contribution in [1.29, 1.82) is 0 Å². The first kappa shape index (κ1) is 16.3. The Morgan fingerprint density at radius 3 is 2.71 bits per heavy atom. The average Bonchev–Trinajstić information content (AvgIpc) is 2.58. The van der Waals surface area contributed by atoms with E-state index in [0.29, 0.717) is 17.5 Å². The maximum absolute atomic E-state index is 6.15. The van der Waals surface area contributed by atoms with Crippen LogP contribution in [-0.4, -0.2) is 9.97 Å². The number of nitrogens with zero attached hydrogens (tertiary/aromatic N) is 2. The normalized spacial score (nSPS) is 10.5. The Bertz CT molecular complexity index is 848. The molecule has 0 atom stereocenters. The van der Waals surface area contributed by atoms with Gasteiger partial charge >= 0.3 is 0 Å². The molecule has 0 aliphatic carbocycles. The standard InChI is InChI=1S/C19H19ClN4/c1-13-5-3-6-15(11-13)12-22-18-9-10-21-19(24-18)23-17-8-4-7-16(20)14(17)2/h3-11H,12H2,1-2H3,(H2,21,22,23,24). The van der Waals surface area contributed by atoms with Gasteiger partial charge in [0.2, 0.25) is 5.95 Å². The fourth-order valence-corrected chi connectivity index (χ4v) is 2.57. The van der Waals surface area contributed by atoms with Crippen LogP contribution in [0.25, 0.3) is 0 Å². The van der Waals surface area contributed by atoms with Crippen molar-refractivity contribution < 1.29 is 0 Å². The van der Waals surface area contributed by atoms with Crippen LogP contribution in [-0.2, 0) is 6.54 Å². The predicted octanol–water partition coefficient (Wildman–Crippen LogP) is 5.10. The van der Waals surface area contributed by atoms with Crippen molar-refractivity contribution in [3.8, 4) is 0 Å². The molecule has 0 spiro atoms. The molecular weight excluding hydrogens is 320 g/mol. The highest BCUT2D eigenvalue weighted by molar-refractivity contribution is 6.31. The fourth-order valence-electron chi connectivity index (χ4n) is 2.40. The van der Waals surface area contributed by atoms with E-state index in [0.717, 1.165) is 17.1 Å². The molecule has 24 heavy (non-hydrogen) atoms. The lowest BCUT2D eigenvalue weighted by molar-refractivity contribution is 1.08. The molecule has 0 fully saturated rings. The second-order valence-corrected chi connectivity index (χ2v) is 6.05. The molecule has 5 heteroatoms. The summed E-state index contributed by atoms with van der Waals surface area (Å²) >= 11 is 6.15. The highest BCUT2D eigenvalue weighted by Crippen LogP contribution is 2.25. The Balaban J connectivity index is 1.71. The minimum absolute atomic E-state index is 0.537. The molecular formula is C19H19ClN4. The predicted molar refractivity (Wildman–Crippen MR) is 100 cm³/mol. The van der Waals surface area contributed by atoms with Gasteiger partial charge in [0.05, 0.1) is 0 Å². The summed E-state index contributed by atoms with van der Waals surface area (Å²) in [6.45, 7) is 4.77. The summed E-state index contributed by atoms with van der Waals surface area (Å²) in [7, 11) is 0. The molecule has 0 saturated carbocycles. The van der Waals surface area contributed by atoms with E-state index >= 15 is 0 Å². The van der Waals surface area contributed by atoms with Crippen LogP contribution in [0, 0.1) is 13.8 Å². The molecule has 3 rings (SSSR count). The molecule has 0 amide bonds. The minimum Gasteiger partial charge on any atom is -0.366 e. The molecule has 0 bridgehead atoms. The molecule has 2 aromatic carbocycles. The molecule has 0 unspecified atom stereocenters. The van der Waals surface area contributed by atoms with Gasteiger partial charge in [0.1, 0.15) is 5.82 Å². The van der Waals surface area contributed by atoms with Crippen molar-refractivity contribution in [2.45, 2.75) is 20.4 Å². The third kappa shape index (κ3) is 4.03. The Kier molecular flexibility index (Phi) is 4.96. The summed E-state index contributed by atoms with van der Waals surface area (Å²) in [5, 5.41) is 7.25. The first-order valence-corrected chi connectivity index (χ1v) is 8.14. The van der Waals surface area contributed by atoms with Crippen molar-refractivity contribution in [3.63, 3.8) is 0 Å². The van der Waals surface area contributed by atoms with E-state index in [9.17, 15) is 0 Å². The number of hydrogen-bond donors (Lipinski definition) is 2. The van der Waals surface area contributed by atoms with Gasteiger partial charge in [-0.15, -0.1) is 0 Å². The van der Waals surface area contributed by atoms with Gasteiger partial charge in [-0.25, -0.2) is 4.98 Å². The lowest BCUT2D eigenvalue weighted by Gasteiger charge is -2.11. The van der Waals surface area contributed by atoms with Crippen LogP contribution >= 0.6 is 11.6 Å². The van der Waals surface area contributed by atoms with Crippen LogP contribution in [0.4, 0.5) is 17.5 Å². The van der Waals surface area contributed by atoms with Crippen LogP contribution in [0.5, 0.6) is 0 Å².